The summed E-state index contributed by atoms with van der Waals surface area (Å²) < 4.78 is 43.8. The van der Waals surface area contributed by atoms with Crippen molar-refractivity contribution in [3.63, 3.8) is 0 Å². The van der Waals surface area contributed by atoms with Crippen molar-refractivity contribution in [3.05, 3.63) is 52.7 Å². The van der Waals surface area contributed by atoms with Crippen LogP contribution in [0.4, 0.5) is 5.95 Å². The number of azide groups is 1. The molecule has 4 N–H and O–H groups in total. The number of ether oxygens (including phenoxy) is 3. The van der Waals surface area contributed by atoms with Crippen molar-refractivity contribution in [1.29, 1.82) is 0 Å². The molecule has 0 saturated carbocycles. The number of aliphatic hydroxyl groups excluding tert-OH is 1. The minimum Gasteiger partial charge on any atom is -0.479 e. The highest BCUT2D eigenvalue weighted by Gasteiger charge is 2.55. The van der Waals surface area contributed by atoms with Crippen molar-refractivity contribution in [2.24, 2.45) is 5.11 Å². The van der Waals surface area contributed by atoms with Gasteiger partial charge in [-0.2, -0.15) is 9.97 Å². The second-order valence-electron chi connectivity index (χ2n) is 10.6. The Bertz CT molecular complexity index is 1570. The Kier molecular flexibility index (Phi) is 10.1. The summed E-state index contributed by atoms with van der Waals surface area (Å²) in [5.74, 6) is -0.671. The standard InChI is InChI=1S/C26H36N9O8P/c1-14(2)41-23(37)15(3)32-44(38,43-16(4)17-10-8-7-9-11-17)40-12-18-20(36)26(5,33-34-28)24(42-18)35-13-29-19-21(35)30-25(27)31-22(19)39-6/h7-11,13-16,18,20,24,36H,12H2,1-6H3,(H,32,38)(H2,27,30,31)/t15-,16+,18+,20+,24+,26?,44?/m0/s1. The van der Waals surface area contributed by atoms with Crippen molar-refractivity contribution in [3.8, 4) is 5.88 Å². The van der Waals surface area contributed by atoms with Crippen molar-refractivity contribution in [2.75, 3.05) is 19.5 Å². The van der Waals surface area contributed by atoms with E-state index in [1.165, 1.54) is 31.9 Å². The first-order valence-electron chi connectivity index (χ1n) is 13.7. The monoisotopic (exact) mass is 633 g/mol. The van der Waals surface area contributed by atoms with Crippen LogP contribution < -0.4 is 15.6 Å². The van der Waals surface area contributed by atoms with Gasteiger partial charge in [0, 0.05) is 4.91 Å². The number of nitrogen functional groups attached to an aromatic ring is 1. The number of imidazole rings is 1. The van der Waals surface area contributed by atoms with Gasteiger partial charge in [0.05, 0.1) is 38.4 Å². The Morgan fingerprint density at radius 3 is 2.64 bits per heavy atom. The zero-order valence-electron chi connectivity index (χ0n) is 25.1. The van der Waals surface area contributed by atoms with Crippen LogP contribution in [0, 0.1) is 0 Å². The molecule has 1 aliphatic heterocycles. The van der Waals surface area contributed by atoms with Gasteiger partial charge in [0.1, 0.15) is 17.7 Å². The summed E-state index contributed by atoms with van der Waals surface area (Å²) >= 11 is 0. The molecule has 0 spiro atoms. The molecule has 0 aliphatic carbocycles. The fourth-order valence-electron chi connectivity index (χ4n) is 4.69. The predicted molar refractivity (Wildman–Crippen MR) is 157 cm³/mol. The van der Waals surface area contributed by atoms with Crippen LogP contribution in [0.5, 0.6) is 5.88 Å². The lowest BCUT2D eigenvalue weighted by Gasteiger charge is -2.28. The van der Waals surface area contributed by atoms with E-state index in [2.05, 4.69) is 30.1 Å². The molecule has 7 atom stereocenters. The van der Waals surface area contributed by atoms with Crippen LogP contribution in [0.25, 0.3) is 21.6 Å². The zero-order chi connectivity index (χ0) is 32.2. The van der Waals surface area contributed by atoms with Crippen molar-refractivity contribution in [2.45, 2.75) is 76.8 Å². The van der Waals surface area contributed by atoms with Crippen molar-refractivity contribution < 1.29 is 37.7 Å². The Labute approximate surface area is 253 Å². The third-order valence-corrected chi connectivity index (χ3v) is 8.69. The molecule has 1 saturated heterocycles. The van der Waals surface area contributed by atoms with Gasteiger partial charge < -0.3 is 25.1 Å². The summed E-state index contributed by atoms with van der Waals surface area (Å²) in [7, 11) is -2.89. The minimum atomic E-state index is -4.28. The third kappa shape index (κ3) is 6.94. The maximum atomic E-state index is 14.1. The topological polar surface area (TPSA) is 231 Å². The zero-order valence-corrected chi connectivity index (χ0v) is 26.0. The number of hydrogen-bond acceptors (Lipinski definition) is 13. The molecule has 17 nitrogen and oxygen atoms in total. The second-order valence-corrected chi connectivity index (χ2v) is 12.3. The second kappa shape index (κ2) is 13.4. The molecule has 2 aromatic heterocycles. The van der Waals surface area contributed by atoms with Crippen LogP contribution in [0.2, 0.25) is 0 Å². The molecule has 2 unspecified atom stereocenters. The number of nitrogens with two attached hydrogens (primary N) is 1. The first-order valence-corrected chi connectivity index (χ1v) is 15.3. The molecule has 3 heterocycles. The number of hydrogen-bond donors (Lipinski definition) is 3. The van der Waals surface area contributed by atoms with Crippen LogP contribution in [0.1, 0.15) is 52.5 Å². The molecular weight excluding hydrogens is 597 g/mol. The summed E-state index contributed by atoms with van der Waals surface area (Å²) in [4.78, 5) is 28.0. The quantitative estimate of drug-likeness (QED) is 0.0804. The first kappa shape index (κ1) is 33.1. The number of esters is 1. The summed E-state index contributed by atoms with van der Waals surface area (Å²) in [6.45, 7) is 7.48. The summed E-state index contributed by atoms with van der Waals surface area (Å²) in [6.07, 6.45) is -3.61. The minimum absolute atomic E-state index is 0.108. The normalized spacial score (nSPS) is 24.4. The number of carbonyl (C=O) groups excluding carboxylic acids is 1. The average Bonchev–Trinajstić information content (AvgIpc) is 3.49. The highest BCUT2D eigenvalue weighted by molar-refractivity contribution is 7.51. The van der Waals surface area contributed by atoms with E-state index in [9.17, 15) is 20.0 Å². The number of aliphatic hydroxyl groups is 1. The predicted octanol–water partition coefficient (Wildman–Crippen LogP) is 3.58. The number of fused-ring (bicyclic) bond motifs is 1. The van der Waals surface area contributed by atoms with Crippen LogP contribution in [0.15, 0.2) is 41.8 Å². The largest absolute Gasteiger partial charge is 0.479 e. The Balaban J connectivity index is 1.62. The van der Waals surface area contributed by atoms with Gasteiger partial charge in [-0.3, -0.25) is 18.4 Å². The number of carbonyl (C=O) groups is 1. The summed E-state index contributed by atoms with van der Waals surface area (Å²) in [6, 6.07) is 7.90. The highest BCUT2D eigenvalue weighted by Crippen LogP contribution is 2.50. The van der Waals surface area contributed by atoms with E-state index in [0.29, 0.717) is 5.56 Å². The molecule has 44 heavy (non-hydrogen) atoms. The van der Waals surface area contributed by atoms with Gasteiger partial charge in [-0.1, -0.05) is 35.4 Å². The van der Waals surface area contributed by atoms with Crippen LogP contribution in [-0.4, -0.2) is 74.2 Å². The van der Waals surface area contributed by atoms with E-state index < -0.39 is 62.5 Å². The van der Waals surface area contributed by atoms with Gasteiger partial charge in [0.2, 0.25) is 11.8 Å². The lowest BCUT2D eigenvalue weighted by molar-refractivity contribution is -0.149. The molecule has 0 amide bonds. The molecule has 4 rings (SSSR count). The molecule has 0 radical (unpaired) electrons. The van der Waals surface area contributed by atoms with Gasteiger partial charge in [-0.25, -0.2) is 14.6 Å². The fraction of sp³-hybridized carbons (Fsp3) is 0.538. The molecule has 0 bridgehead atoms. The van der Waals surface area contributed by atoms with Crippen LogP contribution in [-0.2, 0) is 27.9 Å². The third-order valence-electron chi connectivity index (χ3n) is 6.90. The molecule has 18 heteroatoms. The number of benzene rings is 1. The average molecular weight is 634 g/mol. The van der Waals surface area contributed by atoms with Crippen LogP contribution in [0.3, 0.4) is 0 Å². The van der Waals surface area contributed by atoms with Gasteiger partial charge >= 0.3 is 13.7 Å². The maximum Gasteiger partial charge on any atom is 0.406 e. The first-order chi connectivity index (χ1) is 20.8. The lowest BCUT2D eigenvalue weighted by Crippen LogP contribution is -2.43. The Hall–Kier alpha value is -3.82. The molecular formula is C26H36N9O8P. The number of anilines is 1. The van der Waals surface area contributed by atoms with Gasteiger partial charge in [0.15, 0.2) is 17.4 Å². The maximum absolute atomic E-state index is 14.1. The molecule has 3 aromatic rings. The molecule has 1 aromatic carbocycles. The van der Waals surface area contributed by atoms with Gasteiger partial charge in [-0.15, -0.1) is 0 Å². The van der Waals surface area contributed by atoms with E-state index in [0.717, 1.165) is 0 Å². The van der Waals surface area contributed by atoms with Crippen LogP contribution >= 0.6 is 7.75 Å². The van der Waals surface area contributed by atoms with E-state index >= 15 is 0 Å². The fourth-order valence-corrected chi connectivity index (χ4v) is 6.35. The number of methoxy groups -OCH3 is 1. The SMILES string of the molecule is COc1nc(N)nc2c1ncn2[C@@H]1O[C@H](COP(=O)(N[C@@H](C)C(=O)OC(C)C)O[C@H](C)c2ccccc2)[C@@H](O)C1(C)N=[N+]=[N-]. The number of nitrogens with zero attached hydrogens (tertiary/aromatic N) is 7. The summed E-state index contributed by atoms with van der Waals surface area (Å²) in [5.41, 5.74) is 14.8. The number of nitrogens with one attached hydrogen (secondary N) is 1. The van der Waals surface area contributed by atoms with Crippen molar-refractivity contribution >= 4 is 30.8 Å². The van der Waals surface area contributed by atoms with E-state index in [4.69, 9.17) is 29.0 Å². The smallest absolute Gasteiger partial charge is 0.406 e. The van der Waals surface area contributed by atoms with Gasteiger partial charge in [0.25, 0.3) is 0 Å². The molecule has 1 aliphatic rings. The lowest BCUT2D eigenvalue weighted by atomic mass is 9.93. The van der Waals surface area contributed by atoms with Crippen molar-refractivity contribution in [1.82, 2.24) is 24.6 Å². The van der Waals surface area contributed by atoms with Gasteiger partial charge in [-0.05, 0) is 45.7 Å². The Morgan fingerprint density at radius 1 is 1.30 bits per heavy atom. The Morgan fingerprint density at radius 2 is 2.00 bits per heavy atom. The molecule has 238 valence electrons. The van der Waals surface area contributed by atoms with E-state index in [-0.39, 0.29) is 23.0 Å². The van der Waals surface area contributed by atoms with E-state index in [1.807, 2.05) is 6.07 Å². The number of aromatic nitrogens is 4. The highest BCUT2D eigenvalue weighted by atomic mass is 31.2. The van der Waals surface area contributed by atoms with E-state index in [1.54, 1.807) is 45.0 Å². The number of rotatable bonds is 13. The molecule has 1 fully saturated rings. The summed E-state index contributed by atoms with van der Waals surface area (Å²) in [5, 5.41) is 17.8.